The third-order valence-corrected chi connectivity index (χ3v) is 6.93. The molecule has 0 aromatic rings. The van der Waals surface area contributed by atoms with Crippen LogP contribution in [0.1, 0.15) is 57.8 Å². The maximum atomic E-state index is 13.0. The van der Waals surface area contributed by atoms with Crippen LogP contribution in [0.4, 0.5) is 4.79 Å². The highest BCUT2D eigenvalue weighted by molar-refractivity contribution is 6.05. The van der Waals surface area contributed by atoms with Gasteiger partial charge in [0.2, 0.25) is 0 Å². The number of imide groups is 1. The molecule has 0 aromatic heterocycles. The lowest BCUT2D eigenvalue weighted by Gasteiger charge is -2.38. The molecule has 6 nitrogen and oxygen atoms in total. The Bertz CT molecular complexity index is 549. The monoisotopic (exact) mass is 334 g/mol. The Morgan fingerprint density at radius 1 is 0.958 bits per heavy atom. The molecular weight excluding hydrogens is 308 g/mol. The molecule has 2 aliphatic carbocycles. The lowest BCUT2D eigenvalue weighted by molar-refractivity contribution is -0.183. The molecule has 24 heavy (non-hydrogen) atoms. The Hall–Kier alpha value is -1.14. The normalized spacial score (nSPS) is 38.9. The third kappa shape index (κ3) is 2.08. The molecular formula is C18H26N2O4. The zero-order valence-corrected chi connectivity index (χ0v) is 14.1. The van der Waals surface area contributed by atoms with Crippen molar-refractivity contribution in [2.24, 2.45) is 5.92 Å². The van der Waals surface area contributed by atoms with Crippen molar-refractivity contribution in [1.29, 1.82) is 0 Å². The molecule has 5 aliphatic rings. The zero-order chi connectivity index (χ0) is 16.3. The van der Waals surface area contributed by atoms with E-state index in [2.05, 4.69) is 0 Å². The summed E-state index contributed by atoms with van der Waals surface area (Å²) in [4.78, 5) is 29.5. The van der Waals surface area contributed by atoms with Crippen molar-refractivity contribution in [2.75, 3.05) is 13.2 Å². The van der Waals surface area contributed by atoms with Gasteiger partial charge in [0.25, 0.3) is 5.91 Å². The van der Waals surface area contributed by atoms with Crippen LogP contribution < -0.4 is 0 Å². The Kier molecular flexibility index (Phi) is 3.42. The Morgan fingerprint density at radius 2 is 1.67 bits per heavy atom. The highest BCUT2D eigenvalue weighted by Gasteiger charge is 2.57. The van der Waals surface area contributed by atoms with Crippen LogP contribution in [0, 0.1) is 5.92 Å². The van der Waals surface area contributed by atoms with Crippen molar-refractivity contribution in [1.82, 2.24) is 9.80 Å². The predicted octanol–water partition coefficient (Wildman–Crippen LogP) is 2.27. The van der Waals surface area contributed by atoms with E-state index < -0.39 is 5.79 Å². The molecule has 3 atom stereocenters. The molecule has 3 amide bonds. The van der Waals surface area contributed by atoms with Crippen molar-refractivity contribution in [3.63, 3.8) is 0 Å². The van der Waals surface area contributed by atoms with Gasteiger partial charge in [-0.2, -0.15) is 0 Å². The van der Waals surface area contributed by atoms with Crippen LogP contribution in [0.15, 0.2) is 0 Å². The Labute approximate surface area is 142 Å². The fourth-order valence-corrected chi connectivity index (χ4v) is 5.76. The predicted molar refractivity (Wildman–Crippen MR) is 85.1 cm³/mol. The summed E-state index contributed by atoms with van der Waals surface area (Å²) in [6, 6.07) is 0.131. The van der Waals surface area contributed by atoms with Crippen molar-refractivity contribution in [3.8, 4) is 0 Å². The summed E-state index contributed by atoms with van der Waals surface area (Å²) in [5.74, 6) is 0.171. The molecule has 1 spiro atoms. The van der Waals surface area contributed by atoms with Crippen LogP contribution in [-0.4, -0.2) is 58.9 Å². The second kappa shape index (κ2) is 5.43. The third-order valence-electron chi connectivity index (χ3n) is 6.93. The van der Waals surface area contributed by atoms with Crippen LogP contribution >= 0.6 is 0 Å². The van der Waals surface area contributed by atoms with Crippen molar-refractivity contribution < 1.29 is 19.1 Å². The number of nitrogens with zero attached hydrogens (tertiary/aromatic N) is 2. The summed E-state index contributed by atoms with van der Waals surface area (Å²) in [5, 5.41) is 0. The van der Waals surface area contributed by atoms with Crippen LogP contribution in [0.25, 0.3) is 0 Å². The molecule has 6 heteroatoms. The molecule has 3 aliphatic heterocycles. The number of carbonyl (C=O) groups excluding carboxylic acids is 2. The lowest BCUT2D eigenvalue weighted by atomic mass is 9.84. The fraction of sp³-hybridized carbons (Fsp3) is 0.889. The molecule has 0 bridgehead atoms. The first-order chi connectivity index (χ1) is 11.7. The lowest BCUT2D eigenvalue weighted by Crippen LogP contribution is -2.48. The quantitative estimate of drug-likeness (QED) is 0.690. The summed E-state index contributed by atoms with van der Waals surface area (Å²) < 4.78 is 11.5. The second-order valence-corrected chi connectivity index (χ2v) is 8.10. The first-order valence-corrected chi connectivity index (χ1v) is 9.62. The summed E-state index contributed by atoms with van der Waals surface area (Å²) in [6.45, 7) is 1.32. The second-order valence-electron chi connectivity index (χ2n) is 8.10. The molecule has 3 saturated heterocycles. The average Bonchev–Trinajstić information content (AvgIpc) is 3.26. The summed E-state index contributed by atoms with van der Waals surface area (Å²) >= 11 is 0. The van der Waals surface area contributed by atoms with E-state index in [1.165, 1.54) is 19.3 Å². The molecule has 0 radical (unpaired) electrons. The van der Waals surface area contributed by atoms with Gasteiger partial charge in [-0.25, -0.2) is 4.79 Å². The molecule has 0 N–H and O–H groups in total. The largest absolute Gasteiger partial charge is 0.348 e. The van der Waals surface area contributed by atoms with Gasteiger partial charge in [0.15, 0.2) is 5.79 Å². The topological polar surface area (TPSA) is 59.1 Å². The van der Waals surface area contributed by atoms with E-state index in [0.29, 0.717) is 25.2 Å². The summed E-state index contributed by atoms with van der Waals surface area (Å²) in [7, 11) is 0. The molecule has 132 valence electrons. The number of urea groups is 1. The molecule has 5 fully saturated rings. The van der Waals surface area contributed by atoms with Gasteiger partial charge in [-0.15, -0.1) is 0 Å². The van der Waals surface area contributed by atoms with E-state index in [9.17, 15) is 9.59 Å². The van der Waals surface area contributed by atoms with E-state index in [1.54, 1.807) is 4.90 Å². The first kappa shape index (κ1) is 15.1. The van der Waals surface area contributed by atoms with Gasteiger partial charge in [0.05, 0.1) is 13.2 Å². The highest BCUT2D eigenvalue weighted by Crippen LogP contribution is 2.45. The summed E-state index contributed by atoms with van der Waals surface area (Å²) in [5.41, 5.74) is 0. The smallest absolute Gasteiger partial charge is 0.327 e. The maximum Gasteiger partial charge on any atom is 0.327 e. The number of hydrogen-bond acceptors (Lipinski definition) is 4. The molecule has 3 heterocycles. The SMILES string of the molecule is O=C1C2CC3CCCCC3N2C(=O)N1C1CCC2(CC1)OCCO2. The first-order valence-electron chi connectivity index (χ1n) is 9.62. The van der Waals surface area contributed by atoms with E-state index in [4.69, 9.17) is 9.47 Å². The van der Waals surface area contributed by atoms with Gasteiger partial charge < -0.3 is 14.4 Å². The van der Waals surface area contributed by atoms with Crippen molar-refractivity contribution in [3.05, 3.63) is 0 Å². The van der Waals surface area contributed by atoms with Gasteiger partial charge >= 0.3 is 6.03 Å². The van der Waals surface area contributed by atoms with Crippen LogP contribution in [0.5, 0.6) is 0 Å². The maximum absolute atomic E-state index is 13.0. The van der Waals surface area contributed by atoms with E-state index in [1.807, 2.05) is 4.90 Å². The number of hydrogen-bond donors (Lipinski definition) is 0. The van der Waals surface area contributed by atoms with Gasteiger partial charge in [0, 0.05) is 24.9 Å². The highest BCUT2D eigenvalue weighted by atomic mass is 16.7. The van der Waals surface area contributed by atoms with Crippen LogP contribution in [0.3, 0.4) is 0 Å². The molecule has 5 rings (SSSR count). The zero-order valence-electron chi connectivity index (χ0n) is 14.1. The Morgan fingerprint density at radius 3 is 2.42 bits per heavy atom. The number of ether oxygens (including phenoxy) is 2. The average molecular weight is 334 g/mol. The van der Waals surface area contributed by atoms with Gasteiger partial charge in [-0.05, 0) is 38.0 Å². The van der Waals surface area contributed by atoms with Gasteiger partial charge in [-0.3, -0.25) is 9.69 Å². The molecule has 2 saturated carbocycles. The number of carbonyl (C=O) groups is 2. The molecule has 3 unspecified atom stereocenters. The van der Waals surface area contributed by atoms with E-state index in [-0.39, 0.29) is 24.0 Å². The van der Waals surface area contributed by atoms with Crippen molar-refractivity contribution in [2.45, 2.75) is 81.7 Å². The van der Waals surface area contributed by atoms with Crippen LogP contribution in [-0.2, 0) is 14.3 Å². The summed E-state index contributed by atoms with van der Waals surface area (Å²) in [6.07, 6.45) is 8.73. The minimum atomic E-state index is -0.438. The number of amides is 3. The minimum absolute atomic E-state index is 0.0198. The van der Waals surface area contributed by atoms with E-state index in [0.717, 1.165) is 38.5 Å². The van der Waals surface area contributed by atoms with Crippen molar-refractivity contribution >= 4 is 11.9 Å². The number of rotatable bonds is 1. The Balaban J connectivity index is 1.32. The van der Waals surface area contributed by atoms with Crippen LogP contribution in [0.2, 0.25) is 0 Å². The fourth-order valence-electron chi connectivity index (χ4n) is 5.76. The van der Waals surface area contributed by atoms with Gasteiger partial charge in [-0.1, -0.05) is 12.8 Å². The number of fused-ring (bicyclic) bond motifs is 3. The molecule has 0 aromatic carbocycles. The van der Waals surface area contributed by atoms with E-state index >= 15 is 0 Å². The minimum Gasteiger partial charge on any atom is -0.348 e. The van der Waals surface area contributed by atoms with Gasteiger partial charge in [0.1, 0.15) is 6.04 Å². The standard InChI is InChI=1S/C18H26N2O4/c21-16-15-11-12-3-1-2-4-14(12)20(15)17(22)19(16)13-5-7-18(8-6-13)23-9-10-24-18/h12-15H,1-11H2.